The molecule has 0 amide bonds. The maximum Gasteiger partial charge on any atom is 0.326 e. The fraction of sp³-hybridized carbons (Fsp3) is 0.200. The van der Waals surface area contributed by atoms with Crippen molar-refractivity contribution >= 4 is 38.6 Å². The number of benzene rings is 2. The molecule has 26 heavy (non-hydrogen) atoms. The van der Waals surface area contributed by atoms with Crippen molar-refractivity contribution in [2.24, 2.45) is 0 Å². The third kappa shape index (κ3) is 3.80. The van der Waals surface area contributed by atoms with Gasteiger partial charge in [-0.2, -0.15) is 0 Å². The van der Waals surface area contributed by atoms with Crippen LogP contribution in [0.15, 0.2) is 53.0 Å². The molecule has 0 fully saturated rings. The van der Waals surface area contributed by atoms with Crippen LogP contribution >= 0.6 is 15.9 Å². The van der Waals surface area contributed by atoms with Gasteiger partial charge in [0, 0.05) is 16.8 Å². The van der Waals surface area contributed by atoms with Crippen molar-refractivity contribution in [1.82, 2.24) is 4.57 Å². The third-order valence-corrected chi connectivity index (χ3v) is 4.76. The molecule has 5 nitrogen and oxygen atoms in total. The summed E-state index contributed by atoms with van der Waals surface area (Å²) in [7, 11) is 1.55. The van der Waals surface area contributed by atoms with E-state index in [1.165, 1.54) is 0 Å². The van der Waals surface area contributed by atoms with E-state index in [0.29, 0.717) is 15.8 Å². The van der Waals surface area contributed by atoms with E-state index in [-0.39, 0.29) is 18.9 Å². The molecule has 1 aromatic heterocycles. The molecule has 134 valence electrons. The van der Waals surface area contributed by atoms with E-state index in [1.807, 2.05) is 41.8 Å². The lowest BCUT2D eigenvalue weighted by Gasteiger charge is -2.09. The largest absolute Gasteiger partial charge is 0.496 e. The molecule has 0 unspecified atom stereocenters. The van der Waals surface area contributed by atoms with Gasteiger partial charge in [-0.1, -0.05) is 18.2 Å². The Balaban J connectivity index is 1.64. The molecule has 0 aliphatic heterocycles. The van der Waals surface area contributed by atoms with Crippen LogP contribution < -0.4 is 4.74 Å². The minimum Gasteiger partial charge on any atom is -0.496 e. The van der Waals surface area contributed by atoms with E-state index in [2.05, 4.69) is 15.9 Å². The van der Waals surface area contributed by atoms with Gasteiger partial charge < -0.3 is 14.0 Å². The number of rotatable bonds is 6. The highest BCUT2D eigenvalue weighted by molar-refractivity contribution is 9.10. The highest BCUT2D eigenvalue weighted by Gasteiger charge is 2.14. The SMILES string of the molecule is COc1ccc(C(=O)COC(=O)Cn2c(C)cc3ccccc32)cc1Br. The third-order valence-electron chi connectivity index (χ3n) is 4.14. The van der Waals surface area contributed by atoms with Crippen LogP contribution in [0.25, 0.3) is 10.9 Å². The monoisotopic (exact) mass is 415 g/mol. The van der Waals surface area contributed by atoms with E-state index in [4.69, 9.17) is 9.47 Å². The van der Waals surface area contributed by atoms with Crippen LogP contribution in [-0.4, -0.2) is 30.0 Å². The number of ether oxygens (including phenoxy) is 2. The minimum atomic E-state index is -0.449. The van der Waals surface area contributed by atoms with Gasteiger partial charge in [-0.3, -0.25) is 9.59 Å². The standard InChI is InChI=1S/C20H18BrNO4/c1-13-9-14-5-3-4-6-17(14)22(13)11-20(24)26-12-18(23)15-7-8-19(25-2)16(21)10-15/h3-10H,11-12H2,1-2H3. The fourth-order valence-corrected chi connectivity index (χ4v) is 3.34. The number of carbonyl (C=O) groups excluding carboxylic acids is 2. The van der Waals surface area contributed by atoms with Crippen LogP contribution in [0.5, 0.6) is 5.75 Å². The fourth-order valence-electron chi connectivity index (χ4n) is 2.80. The highest BCUT2D eigenvalue weighted by Crippen LogP contribution is 2.25. The number of esters is 1. The summed E-state index contributed by atoms with van der Waals surface area (Å²) < 4.78 is 12.9. The van der Waals surface area contributed by atoms with Crippen molar-refractivity contribution in [1.29, 1.82) is 0 Å². The maximum absolute atomic E-state index is 12.2. The topological polar surface area (TPSA) is 57.5 Å². The van der Waals surface area contributed by atoms with Gasteiger partial charge in [0.05, 0.1) is 11.6 Å². The Bertz CT molecular complexity index is 977. The van der Waals surface area contributed by atoms with Crippen molar-refractivity contribution in [3.8, 4) is 5.75 Å². The Labute approximate surface area is 159 Å². The lowest BCUT2D eigenvalue weighted by molar-refractivity contribution is -0.143. The van der Waals surface area contributed by atoms with Gasteiger partial charge >= 0.3 is 5.97 Å². The van der Waals surface area contributed by atoms with Gasteiger partial charge in [0.1, 0.15) is 12.3 Å². The average Bonchev–Trinajstić information content (AvgIpc) is 2.95. The van der Waals surface area contributed by atoms with Gasteiger partial charge in [0.25, 0.3) is 0 Å². The molecule has 6 heteroatoms. The van der Waals surface area contributed by atoms with E-state index in [9.17, 15) is 9.59 Å². The predicted molar refractivity (Wildman–Crippen MR) is 103 cm³/mol. The summed E-state index contributed by atoms with van der Waals surface area (Å²) in [5.74, 6) is -0.0836. The first-order valence-electron chi connectivity index (χ1n) is 8.07. The van der Waals surface area contributed by atoms with E-state index >= 15 is 0 Å². The lowest BCUT2D eigenvalue weighted by atomic mass is 10.1. The number of halogens is 1. The first kappa shape index (κ1) is 18.2. The Morgan fingerprint density at radius 1 is 1.12 bits per heavy atom. The molecular weight excluding hydrogens is 398 g/mol. The maximum atomic E-state index is 12.2. The van der Waals surface area contributed by atoms with E-state index in [1.54, 1.807) is 25.3 Å². The Morgan fingerprint density at radius 2 is 1.88 bits per heavy atom. The zero-order valence-electron chi connectivity index (χ0n) is 14.5. The number of fused-ring (bicyclic) bond motifs is 1. The second kappa shape index (κ2) is 7.74. The molecule has 0 saturated heterocycles. The molecule has 3 aromatic rings. The molecule has 2 aromatic carbocycles. The van der Waals surface area contributed by atoms with Gasteiger partial charge in [-0.05, 0) is 58.6 Å². The molecule has 0 aliphatic carbocycles. The molecule has 0 spiro atoms. The number of hydrogen-bond acceptors (Lipinski definition) is 4. The van der Waals surface area contributed by atoms with Crippen molar-refractivity contribution in [2.75, 3.05) is 13.7 Å². The number of nitrogens with zero attached hydrogens (tertiary/aromatic N) is 1. The van der Waals surface area contributed by atoms with Gasteiger partial charge in [-0.25, -0.2) is 0 Å². The second-order valence-electron chi connectivity index (χ2n) is 5.86. The first-order valence-corrected chi connectivity index (χ1v) is 8.86. The predicted octanol–water partition coefficient (Wildman–Crippen LogP) is 4.15. The van der Waals surface area contributed by atoms with Crippen LogP contribution in [0.1, 0.15) is 16.1 Å². The number of aromatic nitrogens is 1. The zero-order chi connectivity index (χ0) is 18.7. The molecule has 0 radical (unpaired) electrons. The Morgan fingerprint density at radius 3 is 2.62 bits per heavy atom. The highest BCUT2D eigenvalue weighted by atomic mass is 79.9. The van der Waals surface area contributed by atoms with Crippen LogP contribution in [0, 0.1) is 6.92 Å². The number of ketones is 1. The number of hydrogen-bond donors (Lipinski definition) is 0. The number of methoxy groups -OCH3 is 1. The molecule has 0 bridgehead atoms. The first-order chi connectivity index (χ1) is 12.5. The minimum absolute atomic E-state index is 0.0684. The summed E-state index contributed by atoms with van der Waals surface area (Å²) in [5.41, 5.74) is 2.38. The molecule has 3 rings (SSSR count). The molecule has 0 saturated carbocycles. The van der Waals surface area contributed by atoms with E-state index in [0.717, 1.165) is 16.6 Å². The van der Waals surface area contributed by atoms with Crippen molar-refractivity contribution < 1.29 is 19.1 Å². The summed E-state index contributed by atoms with van der Waals surface area (Å²) in [6.45, 7) is 1.71. The second-order valence-corrected chi connectivity index (χ2v) is 6.72. The molecule has 0 aliphatic rings. The summed E-state index contributed by atoms with van der Waals surface area (Å²) in [6, 6.07) is 14.8. The average molecular weight is 416 g/mol. The summed E-state index contributed by atoms with van der Waals surface area (Å²) in [4.78, 5) is 24.4. The molecule has 0 atom stereocenters. The zero-order valence-corrected chi connectivity index (χ0v) is 16.1. The van der Waals surface area contributed by atoms with Crippen molar-refractivity contribution in [3.05, 3.63) is 64.3 Å². The number of Topliss-reactive ketones (excluding diaryl/α,β-unsaturated/α-hetero) is 1. The number of aryl methyl sites for hydroxylation is 1. The van der Waals surface area contributed by atoms with Crippen LogP contribution in [-0.2, 0) is 16.1 Å². The Hall–Kier alpha value is -2.60. The quantitative estimate of drug-likeness (QED) is 0.448. The smallest absolute Gasteiger partial charge is 0.326 e. The number of carbonyl (C=O) groups is 2. The van der Waals surface area contributed by atoms with E-state index < -0.39 is 5.97 Å². The summed E-state index contributed by atoms with van der Waals surface area (Å²) in [5, 5.41) is 1.07. The molecular formula is C20H18BrNO4. The van der Waals surface area contributed by atoms with Crippen LogP contribution in [0.2, 0.25) is 0 Å². The van der Waals surface area contributed by atoms with Crippen molar-refractivity contribution in [3.63, 3.8) is 0 Å². The van der Waals surface area contributed by atoms with Crippen molar-refractivity contribution in [2.45, 2.75) is 13.5 Å². The normalized spacial score (nSPS) is 10.7. The number of para-hydroxylation sites is 1. The Kier molecular flexibility index (Phi) is 5.42. The van der Waals surface area contributed by atoms with Crippen LogP contribution in [0.3, 0.4) is 0 Å². The van der Waals surface area contributed by atoms with Crippen LogP contribution in [0.4, 0.5) is 0 Å². The van der Waals surface area contributed by atoms with Gasteiger partial charge in [0.2, 0.25) is 0 Å². The van der Waals surface area contributed by atoms with Gasteiger partial charge in [-0.15, -0.1) is 0 Å². The molecule has 0 N–H and O–H groups in total. The summed E-state index contributed by atoms with van der Waals surface area (Å²) in [6.07, 6.45) is 0. The lowest BCUT2D eigenvalue weighted by Crippen LogP contribution is -2.19. The van der Waals surface area contributed by atoms with Gasteiger partial charge in [0.15, 0.2) is 12.4 Å². The summed E-state index contributed by atoms with van der Waals surface area (Å²) >= 11 is 3.34. The molecule has 1 heterocycles.